The Hall–Kier alpha value is -0.630. The maximum Gasteiger partial charge on any atom is 0.0351 e. The summed E-state index contributed by atoms with van der Waals surface area (Å²) < 4.78 is 0. The van der Waals surface area contributed by atoms with Crippen LogP contribution in [0.1, 0.15) is 13.8 Å². The van der Waals surface area contributed by atoms with E-state index in [9.17, 15) is 0 Å². The Morgan fingerprint density at radius 3 is 2.77 bits per heavy atom. The molecule has 0 saturated heterocycles. The van der Waals surface area contributed by atoms with Crippen molar-refractivity contribution in [3.63, 3.8) is 0 Å². The Morgan fingerprint density at radius 2 is 2.15 bits per heavy atom. The van der Waals surface area contributed by atoms with Crippen molar-refractivity contribution in [2.75, 3.05) is 18.1 Å². The molecule has 2 heteroatoms. The normalized spacial score (nSPS) is 10.5. The lowest BCUT2D eigenvalue weighted by atomic mass is 10.2. The maximum absolute atomic E-state index is 3.41. The second kappa shape index (κ2) is 5.18. The van der Waals surface area contributed by atoms with Crippen LogP contribution < -0.4 is 5.32 Å². The Balaban J connectivity index is 2.56. The van der Waals surface area contributed by atoms with Crippen LogP contribution in [0.2, 0.25) is 0 Å². The molecule has 0 aliphatic heterocycles. The molecule has 0 unspecified atom stereocenters. The number of hydrogen-bond acceptors (Lipinski definition) is 2. The number of hydrogen-bond donors (Lipinski definition) is 1. The summed E-state index contributed by atoms with van der Waals surface area (Å²) in [6.07, 6.45) is 2.10. The molecule has 1 nitrogen and oxygen atoms in total. The minimum absolute atomic E-state index is 0.693. The first kappa shape index (κ1) is 10.5. The summed E-state index contributed by atoms with van der Waals surface area (Å²) in [6.45, 7) is 5.47. The molecule has 0 bridgehead atoms. The van der Waals surface area contributed by atoms with E-state index in [1.807, 2.05) is 0 Å². The minimum atomic E-state index is 0.693. The summed E-state index contributed by atoms with van der Waals surface area (Å²) in [6, 6.07) is 8.52. The largest absolute Gasteiger partial charge is 0.385 e. The van der Waals surface area contributed by atoms with Gasteiger partial charge in [-0.1, -0.05) is 19.9 Å². The number of anilines is 1. The minimum Gasteiger partial charge on any atom is -0.385 e. The molecule has 0 aromatic heterocycles. The molecule has 0 aliphatic carbocycles. The first-order valence-electron chi connectivity index (χ1n) is 4.60. The van der Waals surface area contributed by atoms with Crippen LogP contribution in [0.5, 0.6) is 0 Å². The van der Waals surface area contributed by atoms with Gasteiger partial charge in [-0.05, 0) is 30.4 Å². The SMILES string of the molecule is CSc1cccc(NCC(C)C)c1. The first-order chi connectivity index (χ1) is 6.22. The lowest BCUT2D eigenvalue weighted by Crippen LogP contribution is -2.07. The standard InChI is InChI=1S/C11H17NS/c1-9(2)8-12-10-5-4-6-11(7-10)13-3/h4-7,9,12H,8H2,1-3H3. The lowest BCUT2D eigenvalue weighted by Gasteiger charge is -2.09. The van der Waals surface area contributed by atoms with Gasteiger partial charge in [-0.15, -0.1) is 11.8 Å². The van der Waals surface area contributed by atoms with Gasteiger partial charge in [0.1, 0.15) is 0 Å². The van der Waals surface area contributed by atoms with Crippen molar-refractivity contribution in [2.45, 2.75) is 18.7 Å². The van der Waals surface area contributed by atoms with Crippen LogP contribution in [0.25, 0.3) is 0 Å². The molecule has 1 aromatic carbocycles. The number of thioether (sulfide) groups is 1. The molecule has 0 spiro atoms. The highest BCUT2D eigenvalue weighted by molar-refractivity contribution is 7.98. The van der Waals surface area contributed by atoms with Crippen LogP contribution in [0.3, 0.4) is 0 Å². The zero-order valence-corrected chi connectivity index (χ0v) is 9.32. The van der Waals surface area contributed by atoms with Gasteiger partial charge in [-0.2, -0.15) is 0 Å². The summed E-state index contributed by atoms with van der Waals surface area (Å²) in [7, 11) is 0. The highest BCUT2D eigenvalue weighted by Crippen LogP contribution is 2.18. The summed E-state index contributed by atoms with van der Waals surface area (Å²) in [5.74, 6) is 0.693. The van der Waals surface area contributed by atoms with E-state index in [4.69, 9.17) is 0 Å². The molecule has 13 heavy (non-hydrogen) atoms. The molecular formula is C11H17NS. The van der Waals surface area contributed by atoms with Crippen LogP contribution in [0.4, 0.5) is 5.69 Å². The lowest BCUT2D eigenvalue weighted by molar-refractivity contribution is 0.689. The van der Waals surface area contributed by atoms with Gasteiger partial charge in [0.25, 0.3) is 0 Å². The number of rotatable bonds is 4. The summed E-state index contributed by atoms with van der Waals surface area (Å²) in [5, 5.41) is 3.41. The van der Waals surface area contributed by atoms with Crippen molar-refractivity contribution in [3.8, 4) is 0 Å². The Labute approximate surface area is 84.9 Å². The van der Waals surface area contributed by atoms with Crippen molar-refractivity contribution in [2.24, 2.45) is 5.92 Å². The van der Waals surface area contributed by atoms with Crippen molar-refractivity contribution in [1.82, 2.24) is 0 Å². The van der Waals surface area contributed by atoms with E-state index >= 15 is 0 Å². The van der Waals surface area contributed by atoms with Crippen LogP contribution in [-0.2, 0) is 0 Å². The second-order valence-corrected chi connectivity index (χ2v) is 4.39. The van der Waals surface area contributed by atoms with E-state index in [1.165, 1.54) is 10.6 Å². The smallest absolute Gasteiger partial charge is 0.0351 e. The summed E-state index contributed by atoms with van der Waals surface area (Å²) >= 11 is 1.78. The van der Waals surface area contributed by atoms with Gasteiger partial charge in [0, 0.05) is 17.1 Å². The fraction of sp³-hybridized carbons (Fsp3) is 0.455. The van der Waals surface area contributed by atoms with E-state index in [-0.39, 0.29) is 0 Å². The van der Waals surface area contributed by atoms with E-state index in [0.717, 1.165) is 6.54 Å². The van der Waals surface area contributed by atoms with Gasteiger partial charge < -0.3 is 5.32 Å². The van der Waals surface area contributed by atoms with Gasteiger partial charge in [0.2, 0.25) is 0 Å². The number of nitrogens with one attached hydrogen (secondary N) is 1. The fourth-order valence-corrected chi connectivity index (χ4v) is 1.51. The quantitative estimate of drug-likeness (QED) is 0.738. The van der Waals surface area contributed by atoms with Crippen LogP contribution in [0.15, 0.2) is 29.2 Å². The van der Waals surface area contributed by atoms with Crippen molar-refractivity contribution >= 4 is 17.4 Å². The summed E-state index contributed by atoms with van der Waals surface area (Å²) in [4.78, 5) is 1.31. The fourth-order valence-electron chi connectivity index (χ4n) is 1.06. The van der Waals surface area contributed by atoms with Gasteiger partial charge >= 0.3 is 0 Å². The molecule has 0 amide bonds. The molecule has 1 N–H and O–H groups in total. The summed E-state index contributed by atoms with van der Waals surface area (Å²) in [5.41, 5.74) is 1.22. The Bertz CT molecular complexity index is 258. The van der Waals surface area contributed by atoms with Gasteiger partial charge in [-0.25, -0.2) is 0 Å². The van der Waals surface area contributed by atoms with Crippen molar-refractivity contribution in [1.29, 1.82) is 0 Å². The molecule has 0 radical (unpaired) electrons. The predicted octanol–water partition coefficient (Wildman–Crippen LogP) is 3.48. The van der Waals surface area contributed by atoms with Crippen LogP contribution >= 0.6 is 11.8 Å². The van der Waals surface area contributed by atoms with Crippen molar-refractivity contribution < 1.29 is 0 Å². The van der Waals surface area contributed by atoms with Gasteiger partial charge in [-0.3, -0.25) is 0 Å². The van der Waals surface area contributed by atoms with Gasteiger partial charge in [0.05, 0.1) is 0 Å². The average molecular weight is 195 g/mol. The van der Waals surface area contributed by atoms with E-state index < -0.39 is 0 Å². The van der Waals surface area contributed by atoms with Crippen LogP contribution in [0, 0.1) is 5.92 Å². The van der Waals surface area contributed by atoms with E-state index in [0.29, 0.717) is 5.92 Å². The first-order valence-corrected chi connectivity index (χ1v) is 5.82. The molecule has 0 aliphatic rings. The Kier molecular flexibility index (Phi) is 4.16. The topological polar surface area (TPSA) is 12.0 Å². The van der Waals surface area contributed by atoms with E-state index in [2.05, 4.69) is 49.7 Å². The zero-order valence-electron chi connectivity index (χ0n) is 8.50. The third-order valence-corrected chi connectivity index (χ3v) is 2.51. The third-order valence-electron chi connectivity index (χ3n) is 1.78. The molecule has 0 heterocycles. The predicted molar refractivity (Wildman–Crippen MR) is 61.6 cm³/mol. The zero-order chi connectivity index (χ0) is 9.68. The molecule has 0 fully saturated rings. The van der Waals surface area contributed by atoms with Crippen LogP contribution in [-0.4, -0.2) is 12.8 Å². The van der Waals surface area contributed by atoms with E-state index in [1.54, 1.807) is 11.8 Å². The molecule has 0 saturated carbocycles. The molecule has 0 atom stereocenters. The number of benzene rings is 1. The highest BCUT2D eigenvalue weighted by atomic mass is 32.2. The second-order valence-electron chi connectivity index (χ2n) is 3.51. The highest BCUT2D eigenvalue weighted by Gasteiger charge is 1.95. The molecule has 1 aromatic rings. The van der Waals surface area contributed by atoms with Gasteiger partial charge in [0.15, 0.2) is 0 Å². The average Bonchev–Trinajstić information content (AvgIpc) is 2.15. The molecular weight excluding hydrogens is 178 g/mol. The maximum atomic E-state index is 3.41. The van der Waals surface area contributed by atoms with Crippen molar-refractivity contribution in [3.05, 3.63) is 24.3 Å². The molecule has 1 rings (SSSR count). The monoisotopic (exact) mass is 195 g/mol. The Morgan fingerprint density at radius 1 is 1.38 bits per heavy atom. The third kappa shape index (κ3) is 3.73. The molecule has 72 valence electrons.